The number of hydrogen-bond acceptors (Lipinski definition) is 4. The average molecular weight is 359 g/mol. The van der Waals surface area contributed by atoms with Gasteiger partial charge in [0, 0.05) is 17.6 Å². The van der Waals surface area contributed by atoms with Crippen LogP contribution in [0.5, 0.6) is 0 Å². The Balaban J connectivity index is 1.52. The van der Waals surface area contributed by atoms with Crippen LogP contribution in [-0.4, -0.2) is 22.1 Å². The lowest BCUT2D eigenvalue weighted by Gasteiger charge is -2.16. The van der Waals surface area contributed by atoms with Gasteiger partial charge < -0.3 is 10.6 Å². The molecule has 6 heteroatoms. The first kappa shape index (κ1) is 17.7. The van der Waals surface area contributed by atoms with Crippen LogP contribution in [0.2, 0.25) is 5.02 Å². The summed E-state index contributed by atoms with van der Waals surface area (Å²) in [4.78, 5) is 12.2. The van der Waals surface area contributed by atoms with Crippen molar-refractivity contribution in [2.45, 2.75) is 51.1 Å². The number of nitrogens with zero attached hydrogens (tertiary/aromatic N) is 2. The van der Waals surface area contributed by atoms with Crippen molar-refractivity contribution >= 4 is 23.3 Å². The van der Waals surface area contributed by atoms with Crippen LogP contribution < -0.4 is 10.6 Å². The van der Waals surface area contributed by atoms with Crippen LogP contribution in [0.4, 0.5) is 5.82 Å². The van der Waals surface area contributed by atoms with E-state index in [1.54, 1.807) is 18.2 Å². The molecule has 0 saturated heterocycles. The molecule has 25 heavy (non-hydrogen) atoms. The van der Waals surface area contributed by atoms with Crippen LogP contribution >= 0.6 is 11.6 Å². The van der Waals surface area contributed by atoms with Gasteiger partial charge >= 0.3 is 0 Å². The van der Waals surface area contributed by atoms with Crippen LogP contribution in [0.25, 0.3) is 0 Å². The van der Waals surface area contributed by atoms with Crippen LogP contribution in [0.15, 0.2) is 36.4 Å². The molecule has 132 valence electrons. The quantitative estimate of drug-likeness (QED) is 0.786. The molecule has 5 nitrogen and oxygen atoms in total. The lowest BCUT2D eigenvalue weighted by atomic mass is 10.1. The molecule has 1 aliphatic carbocycles. The van der Waals surface area contributed by atoms with Gasteiger partial charge in [-0.1, -0.05) is 49.4 Å². The molecule has 3 rings (SSSR count). The number of nitrogens with one attached hydrogen (secondary N) is 2. The summed E-state index contributed by atoms with van der Waals surface area (Å²) in [5.41, 5.74) is 1.30. The molecular weight excluding hydrogens is 336 g/mol. The third-order valence-corrected chi connectivity index (χ3v) is 4.72. The Bertz CT molecular complexity index is 680. The van der Waals surface area contributed by atoms with Gasteiger partial charge in [-0.25, -0.2) is 0 Å². The number of aromatic nitrogens is 2. The smallest absolute Gasteiger partial charge is 0.272 e. The first-order chi connectivity index (χ1) is 12.2. The molecule has 1 aromatic heterocycles. The number of rotatable bonds is 5. The van der Waals surface area contributed by atoms with Crippen molar-refractivity contribution < 1.29 is 4.79 Å². The van der Waals surface area contributed by atoms with Gasteiger partial charge in [0.1, 0.15) is 5.82 Å². The SMILES string of the molecule is O=C(NCc1ccc(Cl)cc1)c1ccc(NC2CCCCCC2)nn1. The zero-order valence-corrected chi connectivity index (χ0v) is 14.9. The minimum Gasteiger partial charge on any atom is -0.366 e. The normalized spacial score (nSPS) is 15.4. The van der Waals surface area contributed by atoms with Gasteiger partial charge in [-0.2, -0.15) is 0 Å². The second-order valence-electron chi connectivity index (χ2n) is 6.45. The first-order valence-corrected chi connectivity index (χ1v) is 9.21. The molecule has 2 N–H and O–H groups in total. The number of carbonyl (C=O) groups excluding carboxylic acids is 1. The minimum absolute atomic E-state index is 0.233. The van der Waals surface area contributed by atoms with Crippen LogP contribution in [0.1, 0.15) is 54.6 Å². The molecule has 1 amide bonds. The lowest BCUT2D eigenvalue weighted by molar-refractivity contribution is 0.0945. The number of halogens is 1. The Morgan fingerprint density at radius 1 is 1.00 bits per heavy atom. The predicted molar refractivity (Wildman–Crippen MR) is 99.8 cm³/mol. The van der Waals surface area contributed by atoms with E-state index in [-0.39, 0.29) is 5.91 Å². The van der Waals surface area contributed by atoms with Crippen molar-refractivity contribution in [3.63, 3.8) is 0 Å². The summed E-state index contributed by atoms with van der Waals surface area (Å²) in [5.74, 6) is 0.504. The van der Waals surface area contributed by atoms with Crippen molar-refractivity contribution in [2.24, 2.45) is 0 Å². The van der Waals surface area contributed by atoms with Gasteiger partial charge in [-0.3, -0.25) is 4.79 Å². The fourth-order valence-electron chi connectivity index (χ4n) is 3.04. The van der Waals surface area contributed by atoms with Gasteiger partial charge in [0.2, 0.25) is 0 Å². The van der Waals surface area contributed by atoms with E-state index in [9.17, 15) is 4.79 Å². The van der Waals surface area contributed by atoms with Gasteiger partial charge in [0.05, 0.1) is 0 Å². The minimum atomic E-state index is -0.233. The Morgan fingerprint density at radius 2 is 1.72 bits per heavy atom. The summed E-state index contributed by atoms with van der Waals surface area (Å²) in [5, 5.41) is 15.1. The van der Waals surface area contributed by atoms with E-state index in [0.717, 1.165) is 11.4 Å². The van der Waals surface area contributed by atoms with E-state index in [0.29, 0.717) is 23.3 Å². The molecule has 0 aliphatic heterocycles. The Labute approximate surface area is 153 Å². The van der Waals surface area contributed by atoms with Crippen molar-refractivity contribution in [3.05, 3.63) is 52.7 Å². The van der Waals surface area contributed by atoms with E-state index in [4.69, 9.17) is 11.6 Å². The van der Waals surface area contributed by atoms with Crippen molar-refractivity contribution in [1.82, 2.24) is 15.5 Å². The van der Waals surface area contributed by atoms with Crippen molar-refractivity contribution in [3.8, 4) is 0 Å². The topological polar surface area (TPSA) is 66.9 Å². The molecule has 1 fully saturated rings. The lowest BCUT2D eigenvalue weighted by Crippen LogP contribution is -2.24. The van der Waals surface area contributed by atoms with E-state index in [1.165, 1.54) is 38.5 Å². The van der Waals surface area contributed by atoms with Crippen LogP contribution in [0, 0.1) is 0 Å². The molecule has 1 heterocycles. The molecule has 0 spiro atoms. The van der Waals surface area contributed by atoms with Crippen molar-refractivity contribution in [1.29, 1.82) is 0 Å². The molecule has 1 aromatic carbocycles. The Kier molecular flexibility index (Phi) is 6.23. The average Bonchev–Trinajstić information content (AvgIpc) is 2.90. The number of anilines is 1. The molecule has 1 aliphatic rings. The fourth-order valence-corrected chi connectivity index (χ4v) is 3.16. The third-order valence-electron chi connectivity index (χ3n) is 4.47. The van der Waals surface area contributed by atoms with Crippen LogP contribution in [0.3, 0.4) is 0 Å². The maximum atomic E-state index is 12.2. The highest BCUT2D eigenvalue weighted by Crippen LogP contribution is 2.20. The highest BCUT2D eigenvalue weighted by Gasteiger charge is 2.13. The number of carbonyl (C=O) groups is 1. The number of benzene rings is 1. The highest BCUT2D eigenvalue weighted by molar-refractivity contribution is 6.30. The van der Waals surface area contributed by atoms with Gasteiger partial charge in [-0.05, 0) is 42.7 Å². The fraction of sp³-hybridized carbons (Fsp3) is 0.421. The number of amides is 1. The second-order valence-corrected chi connectivity index (χ2v) is 6.88. The molecule has 0 radical (unpaired) electrons. The number of hydrogen-bond donors (Lipinski definition) is 2. The second kappa shape index (κ2) is 8.81. The van der Waals surface area contributed by atoms with E-state index >= 15 is 0 Å². The van der Waals surface area contributed by atoms with E-state index in [2.05, 4.69) is 20.8 Å². The summed E-state index contributed by atoms with van der Waals surface area (Å²) in [6.45, 7) is 0.430. The third kappa shape index (κ3) is 5.43. The summed E-state index contributed by atoms with van der Waals surface area (Å²) < 4.78 is 0. The zero-order chi connectivity index (χ0) is 17.5. The molecule has 2 aromatic rings. The van der Waals surface area contributed by atoms with Crippen LogP contribution in [-0.2, 0) is 6.54 Å². The molecule has 0 unspecified atom stereocenters. The highest BCUT2D eigenvalue weighted by atomic mass is 35.5. The van der Waals surface area contributed by atoms with Gasteiger partial charge in [0.25, 0.3) is 5.91 Å². The maximum absolute atomic E-state index is 12.2. The maximum Gasteiger partial charge on any atom is 0.272 e. The molecular formula is C19H23ClN4O. The largest absolute Gasteiger partial charge is 0.366 e. The summed E-state index contributed by atoms with van der Waals surface area (Å²) >= 11 is 5.85. The van der Waals surface area contributed by atoms with Gasteiger partial charge in [-0.15, -0.1) is 10.2 Å². The molecule has 1 saturated carbocycles. The summed E-state index contributed by atoms with van der Waals surface area (Å²) in [6, 6.07) is 11.4. The Hall–Kier alpha value is -2.14. The van der Waals surface area contributed by atoms with Crippen molar-refractivity contribution in [2.75, 3.05) is 5.32 Å². The predicted octanol–water partition coefficient (Wildman–Crippen LogP) is 4.19. The Morgan fingerprint density at radius 3 is 2.36 bits per heavy atom. The zero-order valence-electron chi connectivity index (χ0n) is 14.2. The standard InChI is InChI=1S/C19H23ClN4O/c20-15-9-7-14(8-10-15)13-21-19(25)17-11-12-18(24-23-17)22-16-5-3-1-2-4-6-16/h7-12,16H,1-6,13H2,(H,21,25)(H,22,24). The van der Waals surface area contributed by atoms with E-state index < -0.39 is 0 Å². The van der Waals surface area contributed by atoms with E-state index in [1.807, 2.05) is 18.2 Å². The molecule has 0 atom stereocenters. The summed E-state index contributed by atoms with van der Waals surface area (Å²) in [6.07, 6.45) is 7.50. The summed E-state index contributed by atoms with van der Waals surface area (Å²) in [7, 11) is 0. The van der Waals surface area contributed by atoms with Gasteiger partial charge in [0.15, 0.2) is 5.69 Å². The first-order valence-electron chi connectivity index (χ1n) is 8.83. The monoisotopic (exact) mass is 358 g/mol. The molecule has 0 bridgehead atoms.